The van der Waals surface area contributed by atoms with Gasteiger partial charge in [0, 0.05) is 29.2 Å². The van der Waals surface area contributed by atoms with Gasteiger partial charge < -0.3 is 15.0 Å². The Morgan fingerprint density at radius 2 is 1.90 bits per heavy atom. The molecule has 8 nitrogen and oxygen atoms in total. The number of anilines is 1. The molecule has 0 unspecified atom stereocenters. The van der Waals surface area contributed by atoms with E-state index in [1.165, 1.54) is 6.26 Å². The van der Waals surface area contributed by atoms with Crippen molar-refractivity contribution in [3.63, 3.8) is 0 Å². The third-order valence-corrected chi connectivity index (χ3v) is 6.26. The molecule has 30 heavy (non-hydrogen) atoms. The highest BCUT2D eigenvalue weighted by Gasteiger charge is 2.23. The standard InChI is InChI=1S/C20H24ClN5O3S/c1-29-15-9-16-17(11-23-20(16)22-10-15)12-7-18(21)25-19(8-12)24-13-3-5-14(6-4-13)26-30(2,27)28/h7-11,13-14,26H,3-6H2,1-2H3,(H,22,23)(H,24,25)/t13-,14-. The average Bonchev–Trinajstić information content (AvgIpc) is 3.11. The minimum Gasteiger partial charge on any atom is -0.495 e. The van der Waals surface area contributed by atoms with Crippen LogP contribution in [0.2, 0.25) is 5.15 Å². The van der Waals surface area contributed by atoms with Crippen LogP contribution in [0.4, 0.5) is 5.82 Å². The fraction of sp³-hybridized carbons (Fsp3) is 0.400. The van der Waals surface area contributed by atoms with E-state index in [0.29, 0.717) is 16.7 Å². The molecule has 0 spiro atoms. The summed E-state index contributed by atoms with van der Waals surface area (Å²) < 4.78 is 30.8. The highest BCUT2D eigenvalue weighted by molar-refractivity contribution is 7.88. The summed E-state index contributed by atoms with van der Waals surface area (Å²) in [7, 11) is -1.56. The van der Waals surface area contributed by atoms with Crippen LogP contribution in [0.25, 0.3) is 22.2 Å². The number of rotatable bonds is 6. The number of aromatic nitrogens is 3. The summed E-state index contributed by atoms with van der Waals surface area (Å²) in [6, 6.07) is 5.93. The molecule has 1 aliphatic rings. The van der Waals surface area contributed by atoms with Gasteiger partial charge in [0.25, 0.3) is 0 Å². The van der Waals surface area contributed by atoms with E-state index in [1.807, 2.05) is 24.4 Å². The molecule has 0 saturated heterocycles. The van der Waals surface area contributed by atoms with E-state index in [9.17, 15) is 8.42 Å². The van der Waals surface area contributed by atoms with Crippen LogP contribution in [-0.4, -0.2) is 48.8 Å². The van der Waals surface area contributed by atoms with Crippen LogP contribution < -0.4 is 14.8 Å². The summed E-state index contributed by atoms with van der Waals surface area (Å²) in [5.74, 6) is 1.38. The van der Waals surface area contributed by atoms with E-state index in [2.05, 4.69) is 25.0 Å². The number of pyridine rings is 2. The number of hydrogen-bond donors (Lipinski definition) is 3. The lowest BCUT2D eigenvalue weighted by Crippen LogP contribution is -2.39. The second-order valence-electron chi connectivity index (χ2n) is 7.62. The Morgan fingerprint density at radius 1 is 1.17 bits per heavy atom. The number of nitrogens with one attached hydrogen (secondary N) is 3. The molecule has 0 radical (unpaired) electrons. The third kappa shape index (κ3) is 4.85. The number of H-pyrrole nitrogens is 1. The number of sulfonamides is 1. The molecule has 0 atom stereocenters. The first-order valence-electron chi connectivity index (χ1n) is 9.73. The molecule has 0 aromatic carbocycles. The van der Waals surface area contributed by atoms with E-state index in [4.69, 9.17) is 16.3 Å². The molecule has 160 valence electrons. The van der Waals surface area contributed by atoms with Gasteiger partial charge in [-0.15, -0.1) is 0 Å². The maximum absolute atomic E-state index is 11.4. The predicted octanol–water partition coefficient (Wildman–Crippen LogP) is 3.56. The van der Waals surface area contributed by atoms with Crippen LogP contribution in [0, 0.1) is 0 Å². The molecule has 3 heterocycles. The van der Waals surface area contributed by atoms with Crippen molar-refractivity contribution >= 4 is 38.5 Å². The van der Waals surface area contributed by atoms with Gasteiger partial charge in [-0.25, -0.2) is 23.1 Å². The number of aromatic amines is 1. The summed E-state index contributed by atoms with van der Waals surface area (Å²) in [5, 5.41) is 4.79. The first kappa shape index (κ1) is 20.9. The Kier molecular flexibility index (Phi) is 5.86. The first-order chi connectivity index (χ1) is 14.3. The van der Waals surface area contributed by atoms with Crippen LogP contribution in [0.5, 0.6) is 5.75 Å². The minimum absolute atomic E-state index is 0.00497. The lowest BCUT2D eigenvalue weighted by molar-refractivity contribution is 0.387. The van der Waals surface area contributed by atoms with E-state index in [-0.39, 0.29) is 12.1 Å². The van der Waals surface area contributed by atoms with E-state index in [1.54, 1.807) is 13.3 Å². The molecule has 3 aromatic heterocycles. The van der Waals surface area contributed by atoms with Crippen molar-refractivity contribution in [2.45, 2.75) is 37.8 Å². The lowest BCUT2D eigenvalue weighted by atomic mass is 9.92. The van der Waals surface area contributed by atoms with Gasteiger partial charge in [0.15, 0.2) is 0 Å². The molecule has 3 aromatic rings. The fourth-order valence-electron chi connectivity index (χ4n) is 3.93. The van der Waals surface area contributed by atoms with Crippen LogP contribution >= 0.6 is 11.6 Å². The second kappa shape index (κ2) is 8.41. The largest absolute Gasteiger partial charge is 0.495 e. The zero-order chi connectivity index (χ0) is 21.3. The van der Waals surface area contributed by atoms with Crippen LogP contribution in [0.1, 0.15) is 25.7 Å². The molecule has 1 aliphatic carbocycles. The van der Waals surface area contributed by atoms with Crippen molar-refractivity contribution in [1.82, 2.24) is 19.7 Å². The normalized spacial score (nSPS) is 19.7. The number of hydrogen-bond acceptors (Lipinski definition) is 6. The summed E-state index contributed by atoms with van der Waals surface area (Å²) >= 11 is 6.31. The number of fused-ring (bicyclic) bond motifs is 1. The molecule has 1 fully saturated rings. The molecule has 1 saturated carbocycles. The monoisotopic (exact) mass is 449 g/mol. The topological polar surface area (TPSA) is 109 Å². The molecular weight excluding hydrogens is 426 g/mol. The van der Waals surface area contributed by atoms with Gasteiger partial charge in [-0.05, 0) is 49.4 Å². The SMILES string of the molecule is COc1cnc2[nH]cc(-c3cc(Cl)nc(N[C@H]4CC[C@H](NS(C)(=O)=O)CC4)c3)c2c1. The summed E-state index contributed by atoms with van der Waals surface area (Å²) in [4.78, 5) is 12.0. The Labute approximate surface area is 180 Å². The second-order valence-corrected chi connectivity index (χ2v) is 9.79. The van der Waals surface area contributed by atoms with Crippen molar-refractivity contribution in [3.05, 3.63) is 35.7 Å². The predicted molar refractivity (Wildman–Crippen MR) is 119 cm³/mol. The minimum atomic E-state index is -3.18. The quantitative estimate of drug-likeness (QED) is 0.496. The average molecular weight is 450 g/mol. The van der Waals surface area contributed by atoms with Crippen molar-refractivity contribution in [2.75, 3.05) is 18.7 Å². The molecule has 3 N–H and O–H groups in total. The highest BCUT2D eigenvalue weighted by atomic mass is 35.5. The van der Waals surface area contributed by atoms with Gasteiger partial charge in [-0.3, -0.25) is 0 Å². The van der Waals surface area contributed by atoms with E-state index < -0.39 is 10.0 Å². The van der Waals surface area contributed by atoms with Crippen LogP contribution in [0.3, 0.4) is 0 Å². The number of methoxy groups -OCH3 is 1. The zero-order valence-electron chi connectivity index (χ0n) is 16.8. The van der Waals surface area contributed by atoms with Gasteiger partial charge in [0.05, 0.1) is 19.6 Å². The van der Waals surface area contributed by atoms with Gasteiger partial charge >= 0.3 is 0 Å². The lowest BCUT2D eigenvalue weighted by Gasteiger charge is -2.29. The maximum atomic E-state index is 11.4. The van der Waals surface area contributed by atoms with Crippen molar-refractivity contribution < 1.29 is 13.2 Å². The van der Waals surface area contributed by atoms with Crippen LogP contribution in [-0.2, 0) is 10.0 Å². The highest BCUT2D eigenvalue weighted by Crippen LogP contribution is 2.33. The summed E-state index contributed by atoms with van der Waals surface area (Å²) in [6.45, 7) is 0. The Morgan fingerprint density at radius 3 is 2.60 bits per heavy atom. The zero-order valence-corrected chi connectivity index (χ0v) is 18.3. The van der Waals surface area contributed by atoms with Crippen molar-refractivity contribution in [3.8, 4) is 16.9 Å². The third-order valence-electron chi connectivity index (χ3n) is 5.31. The molecule has 0 bridgehead atoms. The van der Waals surface area contributed by atoms with E-state index in [0.717, 1.165) is 47.8 Å². The molecule has 0 aliphatic heterocycles. The van der Waals surface area contributed by atoms with Gasteiger partial charge in [0.1, 0.15) is 22.4 Å². The maximum Gasteiger partial charge on any atom is 0.208 e. The van der Waals surface area contributed by atoms with Gasteiger partial charge in [-0.1, -0.05) is 11.6 Å². The van der Waals surface area contributed by atoms with Gasteiger partial charge in [0.2, 0.25) is 10.0 Å². The Bertz CT molecular complexity index is 1160. The van der Waals surface area contributed by atoms with Crippen molar-refractivity contribution in [1.29, 1.82) is 0 Å². The summed E-state index contributed by atoms with van der Waals surface area (Å²) in [5.41, 5.74) is 2.65. The van der Waals surface area contributed by atoms with Crippen LogP contribution in [0.15, 0.2) is 30.6 Å². The molecule has 4 rings (SSSR count). The number of nitrogens with zero attached hydrogens (tertiary/aromatic N) is 2. The number of ether oxygens (including phenoxy) is 1. The van der Waals surface area contributed by atoms with E-state index >= 15 is 0 Å². The molecule has 0 amide bonds. The smallest absolute Gasteiger partial charge is 0.208 e. The fourth-order valence-corrected chi connectivity index (χ4v) is 4.98. The number of halogens is 1. The Hall–Kier alpha value is -2.36. The molecule has 10 heteroatoms. The Balaban J connectivity index is 1.52. The van der Waals surface area contributed by atoms with Gasteiger partial charge in [-0.2, -0.15) is 0 Å². The first-order valence-corrected chi connectivity index (χ1v) is 12.0. The molecular formula is C20H24ClN5O3S. The van der Waals surface area contributed by atoms with Crippen molar-refractivity contribution in [2.24, 2.45) is 0 Å². The summed E-state index contributed by atoms with van der Waals surface area (Å²) in [6.07, 6.45) is 8.04.